The molecule has 0 saturated carbocycles. The van der Waals surface area contributed by atoms with Crippen molar-refractivity contribution >= 4 is 23.4 Å². The highest BCUT2D eigenvalue weighted by Crippen LogP contribution is 2.25. The largest absolute Gasteiger partial charge is 0.494 e. The third-order valence-corrected chi connectivity index (χ3v) is 4.00. The molecule has 0 radical (unpaired) electrons. The summed E-state index contributed by atoms with van der Waals surface area (Å²) >= 11 is 0. The monoisotopic (exact) mass is 304 g/mol. The molecule has 0 bridgehead atoms. The lowest BCUT2D eigenvalue weighted by atomic mass is 9.79. The van der Waals surface area contributed by atoms with Gasteiger partial charge in [0, 0.05) is 5.39 Å². The Morgan fingerprint density at radius 2 is 1.70 bits per heavy atom. The maximum Gasteiger partial charge on any atom is 0.494 e. The molecular formula is C19H17BO3. The Hall–Kier alpha value is -2.30. The Bertz CT molecular complexity index is 785. The van der Waals surface area contributed by atoms with Gasteiger partial charge in [-0.25, -0.2) is 0 Å². The van der Waals surface area contributed by atoms with Crippen molar-refractivity contribution in [2.75, 3.05) is 13.2 Å². The van der Waals surface area contributed by atoms with E-state index in [1.807, 2.05) is 54.6 Å². The van der Waals surface area contributed by atoms with Crippen molar-refractivity contribution in [2.24, 2.45) is 0 Å². The number of benzene rings is 3. The first kappa shape index (κ1) is 14.3. The van der Waals surface area contributed by atoms with Crippen molar-refractivity contribution in [2.45, 2.75) is 6.10 Å². The van der Waals surface area contributed by atoms with E-state index in [-0.39, 0.29) is 13.2 Å². The van der Waals surface area contributed by atoms with Crippen LogP contribution in [-0.4, -0.2) is 26.4 Å². The summed E-state index contributed by atoms with van der Waals surface area (Å²) in [6.07, 6.45) is -0.0563. The standard InChI is InChI=1S/C19H17BO3/c1-2-9-16(10-3-1)20-22-14-17(23-20)13-21-19-12-6-8-15-7-4-5-11-18(15)19/h1-12,17H,13-14H2/t17-/m0/s1. The summed E-state index contributed by atoms with van der Waals surface area (Å²) in [4.78, 5) is 0. The van der Waals surface area contributed by atoms with Gasteiger partial charge in [-0.2, -0.15) is 0 Å². The van der Waals surface area contributed by atoms with Gasteiger partial charge in [0.2, 0.25) is 0 Å². The van der Waals surface area contributed by atoms with Crippen molar-refractivity contribution in [1.82, 2.24) is 0 Å². The summed E-state index contributed by atoms with van der Waals surface area (Å²) in [5.41, 5.74) is 1.04. The third kappa shape index (κ3) is 3.09. The van der Waals surface area contributed by atoms with Crippen molar-refractivity contribution in [3.8, 4) is 5.75 Å². The van der Waals surface area contributed by atoms with E-state index < -0.39 is 0 Å². The van der Waals surface area contributed by atoms with Gasteiger partial charge in [0.25, 0.3) is 0 Å². The minimum Gasteiger partial charge on any atom is -0.490 e. The number of fused-ring (bicyclic) bond motifs is 1. The quantitative estimate of drug-likeness (QED) is 0.693. The lowest BCUT2D eigenvalue weighted by Crippen LogP contribution is -2.33. The van der Waals surface area contributed by atoms with Gasteiger partial charge in [-0.05, 0) is 16.9 Å². The van der Waals surface area contributed by atoms with E-state index in [0.717, 1.165) is 16.6 Å². The lowest BCUT2D eigenvalue weighted by molar-refractivity contribution is 0.149. The molecule has 0 amide bonds. The summed E-state index contributed by atoms with van der Waals surface area (Å²) in [7, 11) is -0.294. The fourth-order valence-electron chi connectivity index (χ4n) is 2.82. The van der Waals surface area contributed by atoms with E-state index >= 15 is 0 Å². The molecule has 4 rings (SSSR count). The van der Waals surface area contributed by atoms with Crippen molar-refractivity contribution in [3.63, 3.8) is 0 Å². The SMILES string of the molecule is c1ccc(B2OC[C@H](COc3cccc4ccccc34)O2)cc1. The number of hydrogen-bond donors (Lipinski definition) is 0. The normalized spacial score (nSPS) is 17.6. The van der Waals surface area contributed by atoms with Crippen LogP contribution in [0.15, 0.2) is 72.8 Å². The van der Waals surface area contributed by atoms with E-state index in [9.17, 15) is 0 Å². The Labute approximate surface area is 135 Å². The first-order valence-electron chi connectivity index (χ1n) is 7.83. The van der Waals surface area contributed by atoms with Crippen molar-refractivity contribution in [1.29, 1.82) is 0 Å². The van der Waals surface area contributed by atoms with Crippen LogP contribution in [0.25, 0.3) is 10.8 Å². The Kier molecular flexibility index (Phi) is 4.01. The minimum absolute atomic E-state index is 0.0563. The summed E-state index contributed by atoms with van der Waals surface area (Å²) in [5.74, 6) is 0.884. The van der Waals surface area contributed by atoms with Crippen LogP contribution in [0.3, 0.4) is 0 Å². The first-order chi connectivity index (χ1) is 11.4. The summed E-state index contributed by atoms with van der Waals surface area (Å²) in [6.45, 7) is 1.03. The molecule has 1 aliphatic heterocycles. The van der Waals surface area contributed by atoms with Crippen LogP contribution >= 0.6 is 0 Å². The molecule has 23 heavy (non-hydrogen) atoms. The van der Waals surface area contributed by atoms with Crippen LogP contribution < -0.4 is 10.2 Å². The molecule has 1 saturated heterocycles. The molecule has 0 unspecified atom stereocenters. The highest BCUT2D eigenvalue weighted by Gasteiger charge is 2.33. The molecule has 0 aliphatic carbocycles. The van der Waals surface area contributed by atoms with Gasteiger partial charge < -0.3 is 14.0 Å². The molecule has 1 atom stereocenters. The molecule has 0 N–H and O–H groups in total. The van der Waals surface area contributed by atoms with Crippen LogP contribution in [0.1, 0.15) is 0 Å². The van der Waals surface area contributed by atoms with E-state index in [1.54, 1.807) is 0 Å². The highest BCUT2D eigenvalue weighted by molar-refractivity contribution is 6.61. The zero-order valence-corrected chi connectivity index (χ0v) is 12.7. The zero-order valence-electron chi connectivity index (χ0n) is 12.7. The Morgan fingerprint density at radius 1 is 0.913 bits per heavy atom. The van der Waals surface area contributed by atoms with Crippen molar-refractivity contribution < 1.29 is 14.0 Å². The van der Waals surface area contributed by atoms with E-state index in [0.29, 0.717) is 13.2 Å². The Balaban J connectivity index is 1.42. The molecule has 3 aromatic carbocycles. The van der Waals surface area contributed by atoms with Crippen LogP contribution in [0.5, 0.6) is 5.75 Å². The summed E-state index contributed by atoms with van der Waals surface area (Å²) < 4.78 is 17.6. The zero-order chi connectivity index (χ0) is 15.5. The molecule has 1 aliphatic rings. The van der Waals surface area contributed by atoms with E-state index in [4.69, 9.17) is 14.0 Å². The maximum absolute atomic E-state index is 5.98. The van der Waals surface area contributed by atoms with Crippen LogP contribution in [-0.2, 0) is 9.31 Å². The Morgan fingerprint density at radius 3 is 2.61 bits per heavy atom. The van der Waals surface area contributed by atoms with Gasteiger partial charge in [0.15, 0.2) is 0 Å². The topological polar surface area (TPSA) is 27.7 Å². The number of hydrogen-bond acceptors (Lipinski definition) is 3. The lowest BCUT2D eigenvalue weighted by Gasteiger charge is -2.13. The smallest absolute Gasteiger partial charge is 0.490 e. The average Bonchev–Trinajstić information content (AvgIpc) is 3.10. The molecular weight excluding hydrogens is 287 g/mol. The number of rotatable bonds is 4. The minimum atomic E-state index is -0.294. The second-order valence-electron chi connectivity index (χ2n) is 5.62. The summed E-state index contributed by atoms with van der Waals surface area (Å²) in [6, 6.07) is 24.3. The van der Waals surface area contributed by atoms with E-state index in [2.05, 4.69) is 18.2 Å². The number of ether oxygens (including phenoxy) is 1. The van der Waals surface area contributed by atoms with E-state index in [1.165, 1.54) is 5.39 Å². The highest BCUT2D eigenvalue weighted by atomic mass is 16.7. The van der Waals surface area contributed by atoms with Gasteiger partial charge in [0.05, 0.1) is 12.7 Å². The first-order valence-corrected chi connectivity index (χ1v) is 7.83. The van der Waals surface area contributed by atoms with Crippen LogP contribution in [0, 0.1) is 0 Å². The average molecular weight is 304 g/mol. The van der Waals surface area contributed by atoms with Gasteiger partial charge in [0.1, 0.15) is 12.4 Å². The molecule has 0 aromatic heterocycles. The van der Waals surface area contributed by atoms with Gasteiger partial charge in [-0.1, -0.05) is 66.7 Å². The van der Waals surface area contributed by atoms with Gasteiger partial charge in [-0.3, -0.25) is 0 Å². The maximum atomic E-state index is 5.98. The van der Waals surface area contributed by atoms with Crippen molar-refractivity contribution in [3.05, 3.63) is 72.8 Å². The third-order valence-electron chi connectivity index (χ3n) is 4.00. The fraction of sp³-hybridized carbons (Fsp3) is 0.158. The second-order valence-corrected chi connectivity index (χ2v) is 5.62. The molecule has 3 aromatic rings. The van der Waals surface area contributed by atoms with Gasteiger partial charge >= 0.3 is 7.12 Å². The molecule has 4 heteroatoms. The van der Waals surface area contributed by atoms with Crippen LogP contribution in [0.2, 0.25) is 0 Å². The molecule has 3 nitrogen and oxygen atoms in total. The van der Waals surface area contributed by atoms with Crippen LogP contribution in [0.4, 0.5) is 0 Å². The summed E-state index contributed by atoms with van der Waals surface area (Å²) in [5, 5.41) is 2.30. The molecule has 0 spiro atoms. The molecule has 1 heterocycles. The predicted molar refractivity (Wildman–Crippen MR) is 92.1 cm³/mol. The second kappa shape index (κ2) is 6.45. The fourth-order valence-corrected chi connectivity index (χ4v) is 2.82. The predicted octanol–water partition coefficient (Wildman–Crippen LogP) is 3.03. The molecule has 1 fully saturated rings. The van der Waals surface area contributed by atoms with Gasteiger partial charge in [-0.15, -0.1) is 0 Å². The molecule has 114 valence electrons.